The van der Waals surface area contributed by atoms with Crippen molar-refractivity contribution in [1.82, 2.24) is 9.55 Å². The molecule has 1 heterocycles. The molecule has 4 heteroatoms. The Bertz CT molecular complexity index is 409. The molecule has 68 valence electrons. The van der Waals surface area contributed by atoms with E-state index in [9.17, 15) is 4.79 Å². The van der Waals surface area contributed by atoms with Crippen LogP contribution >= 0.6 is 0 Å². The van der Waals surface area contributed by atoms with Gasteiger partial charge in [0, 0.05) is 13.3 Å². The van der Waals surface area contributed by atoms with E-state index in [1.165, 1.54) is 10.8 Å². The summed E-state index contributed by atoms with van der Waals surface area (Å²) < 4.78 is 1.41. The lowest BCUT2D eigenvalue weighted by atomic mass is 10.4. The summed E-state index contributed by atoms with van der Waals surface area (Å²) in [6, 6.07) is 0. The molecule has 0 spiro atoms. The summed E-state index contributed by atoms with van der Waals surface area (Å²) in [5.41, 5.74) is 0.414. The molecule has 1 aromatic rings. The van der Waals surface area contributed by atoms with Gasteiger partial charge in [0.15, 0.2) is 5.82 Å². The maximum atomic E-state index is 11.1. The number of allylic oxidation sites excluding steroid dienone is 1. The third kappa shape index (κ3) is 1.66. The van der Waals surface area contributed by atoms with Crippen LogP contribution in [-0.4, -0.2) is 15.8 Å². The monoisotopic (exact) mass is 177 g/mol. The molecule has 1 rings (SSSR count). The maximum Gasteiger partial charge on any atom is 0.327 e. The third-order valence-electron chi connectivity index (χ3n) is 1.61. The molecule has 1 aromatic heterocycles. The molecule has 0 saturated heterocycles. The van der Waals surface area contributed by atoms with Gasteiger partial charge in [-0.25, -0.2) is 9.79 Å². The van der Waals surface area contributed by atoms with E-state index in [-0.39, 0.29) is 5.69 Å². The predicted octanol–water partition coefficient (Wildman–Crippen LogP) is 1.24. The second kappa shape index (κ2) is 3.71. The summed E-state index contributed by atoms with van der Waals surface area (Å²) in [5, 5.41) is 0. The number of rotatable bonds is 3. The number of hydrogen-bond donors (Lipinski definition) is 1. The van der Waals surface area contributed by atoms with Gasteiger partial charge in [-0.1, -0.05) is 19.2 Å². The van der Waals surface area contributed by atoms with Crippen LogP contribution in [-0.2, 0) is 7.05 Å². The summed E-state index contributed by atoms with van der Waals surface area (Å²) in [6.45, 7) is 7.07. The molecule has 0 amide bonds. The summed E-state index contributed by atoms with van der Waals surface area (Å²) >= 11 is 0. The van der Waals surface area contributed by atoms with E-state index in [4.69, 9.17) is 0 Å². The second-order valence-corrected chi connectivity index (χ2v) is 2.44. The van der Waals surface area contributed by atoms with Crippen LogP contribution in [0.5, 0.6) is 0 Å². The number of H-pyrrole nitrogens is 1. The van der Waals surface area contributed by atoms with Crippen molar-refractivity contribution in [1.29, 1.82) is 0 Å². The Kier molecular flexibility index (Phi) is 2.64. The van der Waals surface area contributed by atoms with Gasteiger partial charge in [0.25, 0.3) is 0 Å². The number of hydrogen-bond acceptors (Lipinski definition) is 2. The fraction of sp³-hybridized carbons (Fsp3) is 0.111. The molecule has 0 aliphatic heterocycles. The number of aliphatic imine (C=N–C) groups is 1. The van der Waals surface area contributed by atoms with Crippen LogP contribution in [0.15, 0.2) is 29.0 Å². The van der Waals surface area contributed by atoms with Crippen LogP contribution in [0.3, 0.4) is 0 Å². The van der Waals surface area contributed by atoms with E-state index in [1.807, 2.05) is 0 Å². The smallest absolute Gasteiger partial charge is 0.304 e. The Balaban J connectivity index is 3.31. The van der Waals surface area contributed by atoms with Gasteiger partial charge in [0.05, 0.1) is 5.69 Å². The molecular weight excluding hydrogens is 166 g/mol. The highest BCUT2D eigenvalue weighted by Gasteiger charge is 2.05. The van der Waals surface area contributed by atoms with Gasteiger partial charge in [0.1, 0.15) is 0 Å². The van der Waals surface area contributed by atoms with Crippen molar-refractivity contribution in [2.24, 2.45) is 12.0 Å². The van der Waals surface area contributed by atoms with Crippen LogP contribution in [0.25, 0.3) is 6.08 Å². The zero-order chi connectivity index (χ0) is 9.84. The highest BCUT2D eigenvalue weighted by atomic mass is 16.1. The van der Waals surface area contributed by atoms with Crippen LogP contribution in [0.2, 0.25) is 0 Å². The largest absolute Gasteiger partial charge is 0.327 e. The molecule has 0 unspecified atom stereocenters. The van der Waals surface area contributed by atoms with Gasteiger partial charge in [-0.05, 0) is 6.08 Å². The van der Waals surface area contributed by atoms with Gasteiger partial charge in [-0.15, -0.1) is 0 Å². The van der Waals surface area contributed by atoms with Crippen LogP contribution < -0.4 is 5.69 Å². The molecule has 0 fully saturated rings. The van der Waals surface area contributed by atoms with Crippen molar-refractivity contribution in [3.63, 3.8) is 0 Å². The van der Waals surface area contributed by atoms with E-state index in [1.54, 1.807) is 19.2 Å². The number of nitrogens with one attached hydrogen (secondary N) is 1. The molecule has 0 radical (unpaired) electrons. The lowest BCUT2D eigenvalue weighted by Crippen LogP contribution is -2.11. The zero-order valence-corrected chi connectivity index (χ0v) is 7.45. The van der Waals surface area contributed by atoms with Crippen molar-refractivity contribution in [2.45, 2.75) is 0 Å². The molecule has 0 saturated carbocycles. The fourth-order valence-electron chi connectivity index (χ4n) is 0.954. The van der Waals surface area contributed by atoms with E-state index < -0.39 is 0 Å². The van der Waals surface area contributed by atoms with E-state index in [0.29, 0.717) is 11.5 Å². The van der Waals surface area contributed by atoms with E-state index in [0.717, 1.165) is 0 Å². The minimum Gasteiger partial charge on any atom is -0.304 e. The molecule has 0 bridgehead atoms. The molecule has 0 aliphatic carbocycles. The number of aromatic amines is 1. The Morgan fingerprint density at radius 2 is 2.23 bits per heavy atom. The molecule has 1 N–H and O–H groups in total. The number of nitrogens with zero attached hydrogens (tertiary/aromatic N) is 2. The zero-order valence-electron chi connectivity index (χ0n) is 7.45. The van der Waals surface area contributed by atoms with Crippen molar-refractivity contribution in [3.05, 3.63) is 35.4 Å². The van der Waals surface area contributed by atoms with Crippen LogP contribution in [0.1, 0.15) is 5.69 Å². The van der Waals surface area contributed by atoms with Gasteiger partial charge >= 0.3 is 5.69 Å². The van der Waals surface area contributed by atoms with Crippen LogP contribution in [0.4, 0.5) is 5.82 Å². The molecule has 4 nitrogen and oxygen atoms in total. The highest BCUT2D eigenvalue weighted by Crippen LogP contribution is 2.14. The fourth-order valence-corrected chi connectivity index (χ4v) is 0.954. The number of imidazole rings is 1. The SMILES string of the molecule is C=CC=Nc1c(C=C)[nH]c(=O)n1C. The van der Waals surface area contributed by atoms with Gasteiger partial charge < -0.3 is 4.98 Å². The maximum absolute atomic E-state index is 11.1. The van der Waals surface area contributed by atoms with E-state index >= 15 is 0 Å². The van der Waals surface area contributed by atoms with Crippen molar-refractivity contribution < 1.29 is 0 Å². The first-order chi connectivity index (χ1) is 6.20. The topological polar surface area (TPSA) is 50.1 Å². The molecule has 0 aromatic carbocycles. The Hall–Kier alpha value is -1.84. The van der Waals surface area contributed by atoms with Gasteiger partial charge in [-0.3, -0.25) is 4.57 Å². The highest BCUT2D eigenvalue weighted by molar-refractivity contribution is 5.74. The van der Waals surface area contributed by atoms with Gasteiger partial charge in [-0.2, -0.15) is 0 Å². The minimum absolute atomic E-state index is 0.203. The Morgan fingerprint density at radius 3 is 2.77 bits per heavy atom. The lowest BCUT2D eigenvalue weighted by Gasteiger charge is -1.93. The quantitative estimate of drug-likeness (QED) is 0.694. The number of aromatic nitrogens is 2. The first-order valence-corrected chi connectivity index (χ1v) is 3.77. The standard InChI is InChI=1S/C9H11N3O/c1-4-6-10-8-7(5-2)11-9(13)12(8)3/h4-6H,1-2H2,3H3,(H,11,13). The predicted molar refractivity (Wildman–Crippen MR) is 54.5 cm³/mol. The van der Waals surface area contributed by atoms with Crippen molar-refractivity contribution in [3.8, 4) is 0 Å². The average molecular weight is 177 g/mol. The Morgan fingerprint density at radius 1 is 1.54 bits per heavy atom. The summed E-state index contributed by atoms with van der Waals surface area (Å²) in [7, 11) is 1.64. The molecular formula is C9H11N3O. The molecule has 0 atom stereocenters. The lowest BCUT2D eigenvalue weighted by molar-refractivity contribution is 0.863. The summed E-state index contributed by atoms with van der Waals surface area (Å²) in [6.07, 6.45) is 4.62. The normalized spacial score (nSPS) is 10.5. The van der Waals surface area contributed by atoms with Crippen molar-refractivity contribution in [2.75, 3.05) is 0 Å². The minimum atomic E-state index is -0.203. The first kappa shape index (κ1) is 9.25. The Labute approximate surface area is 75.9 Å². The average Bonchev–Trinajstić information content (AvgIpc) is 2.40. The second-order valence-electron chi connectivity index (χ2n) is 2.44. The van der Waals surface area contributed by atoms with Gasteiger partial charge in [0.2, 0.25) is 0 Å². The van der Waals surface area contributed by atoms with Crippen LogP contribution in [0, 0.1) is 0 Å². The van der Waals surface area contributed by atoms with E-state index in [2.05, 4.69) is 23.1 Å². The van der Waals surface area contributed by atoms with Crippen molar-refractivity contribution >= 4 is 18.1 Å². The summed E-state index contributed by atoms with van der Waals surface area (Å²) in [4.78, 5) is 17.8. The molecule has 13 heavy (non-hydrogen) atoms. The third-order valence-corrected chi connectivity index (χ3v) is 1.61. The molecule has 0 aliphatic rings. The first-order valence-electron chi connectivity index (χ1n) is 3.77. The summed E-state index contributed by atoms with van der Waals surface area (Å²) in [5.74, 6) is 0.555.